The highest BCUT2D eigenvalue weighted by Gasteiger charge is 2.33. The summed E-state index contributed by atoms with van der Waals surface area (Å²) in [6, 6.07) is 9.93. The summed E-state index contributed by atoms with van der Waals surface area (Å²) in [5, 5.41) is 10.3. The molecule has 8 heteroatoms. The minimum Gasteiger partial charge on any atom is -0.465 e. The van der Waals surface area contributed by atoms with E-state index in [0.717, 1.165) is 17.7 Å². The topological polar surface area (TPSA) is 58.6 Å². The number of amides is 1. The lowest BCUT2D eigenvalue weighted by atomic mass is 10.1. The third kappa shape index (κ3) is 5.06. The Morgan fingerprint density at radius 3 is 2.33 bits per heavy atom. The third-order valence-corrected chi connectivity index (χ3v) is 3.42. The zero-order valence-electron chi connectivity index (χ0n) is 12.2. The van der Waals surface area contributed by atoms with E-state index in [0.29, 0.717) is 12.2 Å². The molecule has 0 heterocycles. The molecule has 2 N–H and O–H groups in total. The predicted octanol–water partition coefficient (Wildman–Crippen LogP) is 4.96. The van der Waals surface area contributed by atoms with Crippen LogP contribution in [-0.4, -0.2) is 17.7 Å². The number of hydrogen-bond donors (Lipinski definition) is 2. The van der Waals surface area contributed by atoms with E-state index in [-0.39, 0.29) is 12.3 Å². The molecule has 0 spiro atoms. The molecule has 0 radical (unpaired) electrons. The fourth-order valence-corrected chi connectivity index (χ4v) is 2.18. The van der Waals surface area contributed by atoms with Crippen molar-refractivity contribution in [3.8, 4) is 11.5 Å². The lowest BCUT2D eigenvalue weighted by molar-refractivity contribution is -0.137. The van der Waals surface area contributed by atoms with Crippen LogP contribution in [0.15, 0.2) is 42.5 Å². The second kappa shape index (κ2) is 7.44. The molecule has 0 saturated carbocycles. The van der Waals surface area contributed by atoms with Crippen molar-refractivity contribution in [1.29, 1.82) is 0 Å². The zero-order chi connectivity index (χ0) is 17.7. The fourth-order valence-electron chi connectivity index (χ4n) is 1.96. The lowest BCUT2D eigenvalue weighted by Gasteiger charge is -2.12. The number of alkyl halides is 3. The first-order valence-corrected chi connectivity index (χ1v) is 7.24. The van der Waals surface area contributed by atoms with E-state index < -0.39 is 22.9 Å². The maximum atomic E-state index is 12.8. The molecule has 0 aliphatic rings. The Bertz CT molecular complexity index is 717. The van der Waals surface area contributed by atoms with Gasteiger partial charge in [0.2, 0.25) is 0 Å². The smallest absolute Gasteiger partial charge is 0.417 e. The predicted molar refractivity (Wildman–Crippen MR) is 82.7 cm³/mol. The van der Waals surface area contributed by atoms with Gasteiger partial charge in [-0.1, -0.05) is 23.7 Å². The quantitative estimate of drug-likeness (QED) is 0.793. The Labute approximate surface area is 140 Å². The Hall–Kier alpha value is -2.41. The molecule has 0 aliphatic carbocycles. The molecule has 0 aliphatic heterocycles. The number of benzene rings is 2. The molecule has 0 aromatic heterocycles. The Morgan fingerprint density at radius 2 is 1.75 bits per heavy atom. The molecule has 24 heavy (non-hydrogen) atoms. The van der Waals surface area contributed by atoms with Gasteiger partial charge in [0.15, 0.2) is 0 Å². The maximum Gasteiger partial charge on any atom is 0.417 e. The number of ether oxygens (including phenoxy) is 1. The molecule has 0 unspecified atom stereocenters. The first kappa shape index (κ1) is 17.9. The van der Waals surface area contributed by atoms with Crippen LogP contribution in [0.3, 0.4) is 0 Å². The van der Waals surface area contributed by atoms with Crippen LogP contribution in [0, 0.1) is 0 Å². The summed E-state index contributed by atoms with van der Waals surface area (Å²) in [7, 11) is 0. The van der Waals surface area contributed by atoms with Crippen LogP contribution in [0.1, 0.15) is 11.1 Å². The number of nitrogens with one attached hydrogen (secondary N) is 1. The largest absolute Gasteiger partial charge is 0.465 e. The highest BCUT2D eigenvalue weighted by Crippen LogP contribution is 2.37. The summed E-state index contributed by atoms with van der Waals surface area (Å²) in [4.78, 5) is 10.3. The molecule has 1 amide bonds. The van der Waals surface area contributed by atoms with E-state index in [9.17, 15) is 18.0 Å². The van der Waals surface area contributed by atoms with Gasteiger partial charge >= 0.3 is 12.3 Å². The number of carboxylic acid groups (broad SMARTS) is 1. The molecule has 0 bridgehead atoms. The van der Waals surface area contributed by atoms with Gasteiger partial charge in [-0.25, -0.2) is 4.79 Å². The molecule has 0 fully saturated rings. The van der Waals surface area contributed by atoms with Crippen molar-refractivity contribution in [2.45, 2.75) is 12.6 Å². The molecular weight excluding hydrogens is 347 g/mol. The van der Waals surface area contributed by atoms with Crippen molar-refractivity contribution in [2.24, 2.45) is 0 Å². The second-order valence-electron chi connectivity index (χ2n) is 4.87. The number of carbonyl (C=O) groups is 1. The van der Waals surface area contributed by atoms with Crippen LogP contribution < -0.4 is 10.1 Å². The van der Waals surface area contributed by atoms with Gasteiger partial charge in [0.25, 0.3) is 0 Å². The zero-order valence-corrected chi connectivity index (χ0v) is 13.0. The standard InChI is InChI=1S/C16H13ClF3NO3/c17-14-6-5-12(9-13(14)16(18,19)20)24-11-3-1-10(2-4-11)7-8-21-15(22)23/h1-6,9,21H,7-8H2,(H,22,23). The van der Waals surface area contributed by atoms with Crippen molar-refractivity contribution >= 4 is 17.7 Å². The number of halogens is 4. The van der Waals surface area contributed by atoms with Crippen molar-refractivity contribution in [2.75, 3.05) is 6.54 Å². The van der Waals surface area contributed by atoms with Gasteiger partial charge in [-0.3, -0.25) is 0 Å². The Morgan fingerprint density at radius 1 is 1.12 bits per heavy atom. The SMILES string of the molecule is O=C(O)NCCc1ccc(Oc2ccc(Cl)c(C(F)(F)F)c2)cc1. The molecule has 4 nitrogen and oxygen atoms in total. The molecule has 128 valence electrons. The van der Waals surface area contributed by atoms with Crippen LogP contribution in [0.4, 0.5) is 18.0 Å². The summed E-state index contributed by atoms with van der Waals surface area (Å²) in [6.45, 7) is 0.266. The summed E-state index contributed by atoms with van der Waals surface area (Å²) in [6.07, 6.45) is -5.17. The van der Waals surface area contributed by atoms with Gasteiger partial charge < -0.3 is 15.2 Å². The van der Waals surface area contributed by atoms with Crippen molar-refractivity contribution in [3.05, 3.63) is 58.6 Å². The van der Waals surface area contributed by atoms with Crippen LogP contribution in [0.25, 0.3) is 0 Å². The first-order chi connectivity index (χ1) is 11.3. The highest BCUT2D eigenvalue weighted by molar-refractivity contribution is 6.31. The van der Waals surface area contributed by atoms with Crippen molar-refractivity contribution in [3.63, 3.8) is 0 Å². The Kier molecular flexibility index (Phi) is 5.56. The van der Waals surface area contributed by atoms with E-state index in [2.05, 4.69) is 5.32 Å². The van der Waals surface area contributed by atoms with E-state index >= 15 is 0 Å². The lowest BCUT2D eigenvalue weighted by Crippen LogP contribution is -2.23. The van der Waals surface area contributed by atoms with Crippen LogP contribution in [0.5, 0.6) is 11.5 Å². The summed E-state index contributed by atoms with van der Waals surface area (Å²) < 4.78 is 43.8. The van der Waals surface area contributed by atoms with Gasteiger partial charge in [0.1, 0.15) is 11.5 Å². The first-order valence-electron chi connectivity index (χ1n) is 6.86. The van der Waals surface area contributed by atoms with Crippen LogP contribution in [-0.2, 0) is 12.6 Å². The molecule has 2 aromatic rings. The minimum atomic E-state index is -4.56. The van der Waals surface area contributed by atoms with E-state index in [1.165, 1.54) is 6.07 Å². The molecule has 0 atom stereocenters. The number of hydrogen-bond acceptors (Lipinski definition) is 2. The average Bonchev–Trinajstić information content (AvgIpc) is 2.49. The summed E-state index contributed by atoms with van der Waals surface area (Å²) >= 11 is 5.55. The molecule has 2 rings (SSSR count). The summed E-state index contributed by atoms with van der Waals surface area (Å²) in [5.74, 6) is 0.382. The van der Waals surface area contributed by atoms with Gasteiger partial charge in [-0.05, 0) is 42.3 Å². The van der Waals surface area contributed by atoms with E-state index in [1.807, 2.05) is 0 Å². The van der Waals surface area contributed by atoms with Gasteiger partial charge in [0.05, 0.1) is 10.6 Å². The maximum absolute atomic E-state index is 12.8. The second-order valence-corrected chi connectivity index (χ2v) is 5.27. The molecule has 2 aromatic carbocycles. The molecular formula is C16H13ClF3NO3. The fraction of sp³-hybridized carbons (Fsp3) is 0.188. The molecule has 0 saturated heterocycles. The van der Waals surface area contributed by atoms with Gasteiger partial charge in [0, 0.05) is 6.54 Å². The highest BCUT2D eigenvalue weighted by atomic mass is 35.5. The van der Waals surface area contributed by atoms with E-state index in [4.69, 9.17) is 21.4 Å². The van der Waals surface area contributed by atoms with Crippen molar-refractivity contribution < 1.29 is 27.8 Å². The minimum absolute atomic E-state index is 0.0204. The Balaban J connectivity index is 2.05. The normalized spacial score (nSPS) is 11.2. The summed E-state index contributed by atoms with van der Waals surface area (Å²) in [5.41, 5.74) is -0.0961. The van der Waals surface area contributed by atoms with Crippen LogP contribution in [0.2, 0.25) is 5.02 Å². The van der Waals surface area contributed by atoms with Crippen LogP contribution >= 0.6 is 11.6 Å². The van der Waals surface area contributed by atoms with E-state index in [1.54, 1.807) is 24.3 Å². The third-order valence-electron chi connectivity index (χ3n) is 3.09. The monoisotopic (exact) mass is 359 g/mol. The van der Waals surface area contributed by atoms with Gasteiger partial charge in [-0.15, -0.1) is 0 Å². The van der Waals surface area contributed by atoms with Crippen molar-refractivity contribution in [1.82, 2.24) is 5.32 Å². The average molecular weight is 360 g/mol. The van der Waals surface area contributed by atoms with Gasteiger partial charge in [-0.2, -0.15) is 13.2 Å². The number of rotatable bonds is 5.